The lowest BCUT2D eigenvalue weighted by Gasteiger charge is -1.99. The van der Waals surface area contributed by atoms with Crippen LogP contribution in [0.2, 0.25) is 5.02 Å². The van der Waals surface area contributed by atoms with Gasteiger partial charge in [-0.05, 0) is 18.6 Å². The van der Waals surface area contributed by atoms with Gasteiger partial charge in [0, 0.05) is 29.1 Å². The van der Waals surface area contributed by atoms with Gasteiger partial charge in [0.05, 0.1) is 5.02 Å². The van der Waals surface area contributed by atoms with E-state index in [0.29, 0.717) is 17.9 Å². The Hall–Kier alpha value is -0.840. The molecule has 2 rings (SSSR count). The maximum absolute atomic E-state index is 8.74. The molecule has 17 heavy (non-hydrogen) atoms. The van der Waals surface area contributed by atoms with E-state index in [-0.39, 0.29) is 6.61 Å². The molecule has 0 spiro atoms. The van der Waals surface area contributed by atoms with Crippen LogP contribution in [0.25, 0.3) is 11.3 Å². The van der Waals surface area contributed by atoms with Gasteiger partial charge >= 0.3 is 0 Å². The van der Waals surface area contributed by atoms with Gasteiger partial charge in [0.2, 0.25) is 0 Å². The average molecular weight is 317 g/mol. The Kier molecular flexibility index (Phi) is 4.20. The van der Waals surface area contributed by atoms with Gasteiger partial charge in [0.15, 0.2) is 0 Å². The third-order valence-electron chi connectivity index (χ3n) is 2.35. The van der Waals surface area contributed by atoms with E-state index in [1.54, 1.807) is 0 Å². The van der Waals surface area contributed by atoms with Crippen molar-refractivity contribution in [3.8, 4) is 11.3 Å². The van der Waals surface area contributed by atoms with Gasteiger partial charge in [-0.1, -0.05) is 38.8 Å². The second kappa shape index (κ2) is 5.67. The van der Waals surface area contributed by atoms with E-state index in [9.17, 15) is 0 Å². The van der Waals surface area contributed by atoms with Crippen molar-refractivity contribution in [3.05, 3.63) is 39.5 Å². The van der Waals surface area contributed by atoms with Crippen LogP contribution in [0.5, 0.6) is 0 Å². The molecule has 2 aromatic rings. The zero-order valence-corrected chi connectivity index (χ0v) is 11.3. The van der Waals surface area contributed by atoms with Crippen LogP contribution in [0.15, 0.2) is 33.3 Å². The highest BCUT2D eigenvalue weighted by Crippen LogP contribution is 2.30. The zero-order chi connectivity index (χ0) is 12.3. The fraction of sp³-hybridized carbons (Fsp3) is 0.250. The lowest BCUT2D eigenvalue weighted by molar-refractivity contribution is 0.280. The smallest absolute Gasteiger partial charge is 0.137 e. The second-order valence-electron chi connectivity index (χ2n) is 3.63. The Morgan fingerprint density at radius 2 is 2.18 bits per heavy atom. The van der Waals surface area contributed by atoms with Crippen LogP contribution in [0.1, 0.15) is 12.2 Å². The van der Waals surface area contributed by atoms with Crippen molar-refractivity contribution in [2.24, 2.45) is 0 Å². The molecule has 0 saturated heterocycles. The molecular formula is C12H11BrClNO2. The first-order chi connectivity index (χ1) is 8.20. The number of aryl methyl sites for hydroxylation is 1. The highest BCUT2D eigenvalue weighted by atomic mass is 79.9. The molecule has 3 nitrogen and oxygen atoms in total. The number of aliphatic hydroxyl groups excluding tert-OH is 1. The predicted molar refractivity (Wildman–Crippen MR) is 70.1 cm³/mol. The number of aliphatic hydroxyl groups is 1. The summed E-state index contributed by atoms with van der Waals surface area (Å²) in [4.78, 5) is 0. The van der Waals surface area contributed by atoms with Crippen LogP contribution < -0.4 is 0 Å². The molecule has 1 heterocycles. The quantitative estimate of drug-likeness (QED) is 0.936. The largest absolute Gasteiger partial charge is 0.396 e. The van der Waals surface area contributed by atoms with Crippen molar-refractivity contribution < 1.29 is 9.63 Å². The Bertz CT molecular complexity index is 513. The zero-order valence-electron chi connectivity index (χ0n) is 8.99. The lowest BCUT2D eigenvalue weighted by Crippen LogP contribution is -1.86. The molecule has 0 amide bonds. The van der Waals surface area contributed by atoms with Gasteiger partial charge in [-0.2, -0.15) is 0 Å². The lowest BCUT2D eigenvalue weighted by atomic mass is 10.1. The number of nitrogens with zero attached hydrogens (tertiary/aromatic N) is 1. The first-order valence-corrected chi connectivity index (χ1v) is 6.39. The van der Waals surface area contributed by atoms with E-state index in [4.69, 9.17) is 21.2 Å². The van der Waals surface area contributed by atoms with Crippen LogP contribution in [0.4, 0.5) is 0 Å². The number of aromatic nitrogens is 1. The van der Waals surface area contributed by atoms with Crippen molar-refractivity contribution in [1.29, 1.82) is 0 Å². The minimum absolute atomic E-state index is 0.148. The van der Waals surface area contributed by atoms with Crippen LogP contribution in [-0.2, 0) is 6.42 Å². The fourth-order valence-electron chi connectivity index (χ4n) is 1.51. The van der Waals surface area contributed by atoms with Gasteiger partial charge in [-0.15, -0.1) is 0 Å². The molecule has 0 saturated carbocycles. The summed E-state index contributed by atoms with van der Waals surface area (Å²) in [6.07, 6.45) is 1.35. The topological polar surface area (TPSA) is 46.3 Å². The number of benzene rings is 1. The molecule has 0 aliphatic carbocycles. The SMILES string of the molecule is OCCCc1cc(-c2ccc(Br)cc2Cl)no1. The Labute approximate surface area is 113 Å². The number of halogens is 2. The highest BCUT2D eigenvalue weighted by molar-refractivity contribution is 9.10. The van der Waals surface area contributed by atoms with E-state index < -0.39 is 0 Å². The van der Waals surface area contributed by atoms with E-state index in [0.717, 1.165) is 21.5 Å². The summed E-state index contributed by atoms with van der Waals surface area (Å²) in [5.74, 6) is 0.757. The Balaban J connectivity index is 2.24. The van der Waals surface area contributed by atoms with Gasteiger partial charge in [0.1, 0.15) is 11.5 Å². The summed E-state index contributed by atoms with van der Waals surface area (Å²) < 4.78 is 6.10. The van der Waals surface area contributed by atoms with Gasteiger partial charge in [-0.25, -0.2) is 0 Å². The van der Waals surface area contributed by atoms with E-state index in [1.807, 2.05) is 24.3 Å². The van der Waals surface area contributed by atoms with Crippen molar-refractivity contribution in [2.45, 2.75) is 12.8 Å². The second-order valence-corrected chi connectivity index (χ2v) is 4.95. The fourth-order valence-corrected chi connectivity index (χ4v) is 2.28. The molecule has 0 radical (unpaired) electrons. The summed E-state index contributed by atoms with van der Waals surface area (Å²) in [7, 11) is 0. The monoisotopic (exact) mass is 315 g/mol. The van der Waals surface area contributed by atoms with Gasteiger partial charge in [-0.3, -0.25) is 0 Å². The van der Waals surface area contributed by atoms with Crippen LogP contribution in [0, 0.1) is 0 Å². The van der Waals surface area contributed by atoms with Crippen molar-refractivity contribution >= 4 is 27.5 Å². The molecule has 5 heteroatoms. The Morgan fingerprint density at radius 1 is 1.35 bits per heavy atom. The first kappa shape index (κ1) is 12.6. The standard InChI is InChI=1S/C12H11BrClNO2/c13-8-3-4-10(11(14)6-8)12-7-9(17-15-12)2-1-5-16/h3-4,6-7,16H,1-2,5H2. The Morgan fingerprint density at radius 3 is 2.88 bits per heavy atom. The van der Waals surface area contributed by atoms with Crippen molar-refractivity contribution in [3.63, 3.8) is 0 Å². The maximum Gasteiger partial charge on any atom is 0.137 e. The van der Waals surface area contributed by atoms with Crippen molar-refractivity contribution in [1.82, 2.24) is 5.16 Å². The molecule has 1 aromatic heterocycles. The molecule has 0 atom stereocenters. The van der Waals surface area contributed by atoms with Crippen LogP contribution >= 0.6 is 27.5 Å². The molecule has 0 unspecified atom stereocenters. The van der Waals surface area contributed by atoms with Crippen LogP contribution in [-0.4, -0.2) is 16.9 Å². The molecule has 1 N–H and O–H groups in total. The minimum atomic E-state index is 0.148. The van der Waals surface area contributed by atoms with Crippen LogP contribution in [0.3, 0.4) is 0 Å². The third kappa shape index (κ3) is 3.09. The number of rotatable bonds is 4. The van der Waals surface area contributed by atoms with Gasteiger partial charge in [0.25, 0.3) is 0 Å². The molecule has 1 aromatic carbocycles. The summed E-state index contributed by atoms with van der Waals surface area (Å²) >= 11 is 9.48. The van der Waals surface area contributed by atoms with E-state index in [2.05, 4.69) is 21.1 Å². The van der Waals surface area contributed by atoms with Gasteiger partial charge < -0.3 is 9.63 Å². The number of hydrogen-bond acceptors (Lipinski definition) is 3. The third-order valence-corrected chi connectivity index (χ3v) is 3.15. The van der Waals surface area contributed by atoms with Crippen molar-refractivity contribution in [2.75, 3.05) is 6.61 Å². The van der Waals surface area contributed by atoms with E-state index in [1.165, 1.54) is 0 Å². The summed E-state index contributed by atoms with van der Waals surface area (Å²) in [6.45, 7) is 0.148. The molecule has 0 aliphatic rings. The predicted octanol–water partition coefficient (Wildman–Crippen LogP) is 3.68. The molecule has 0 bridgehead atoms. The first-order valence-electron chi connectivity index (χ1n) is 5.22. The average Bonchev–Trinajstić information content (AvgIpc) is 2.75. The maximum atomic E-state index is 8.74. The summed E-state index contributed by atoms with van der Waals surface area (Å²) in [5.41, 5.74) is 1.56. The highest BCUT2D eigenvalue weighted by Gasteiger charge is 2.09. The number of hydrogen-bond donors (Lipinski definition) is 1. The van der Waals surface area contributed by atoms with E-state index >= 15 is 0 Å². The summed E-state index contributed by atoms with van der Waals surface area (Å²) in [5, 5.41) is 13.3. The molecule has 0 aliphatic heterocycles. The molecular weight excluding hydrogens is 305 g/mol. The summed E-state index contributed by atoms with van der Waals surface area (Å²) in [6, 6.07) is 7.47. The molecule has 90 valence electrons. The molecule has 0 fully saturated rings. The minimum Gasteiger partial charge on any atom is -0.396 e. The normalized spacial score (nSPS) is 10.8.